The van der Waals surface area contributed by atoms with E-state index in [0.29, 0.717) is 11.3 Å². The predicted molar refractivity (Wildman–Crippen MR) is 120 cm³/mol. The molecular weight excluding hydrogens is 471 g/mol. The topological polar surface area (TPSA) is 106 Å². The summed E-state index contributed by atoms with van der Waals surface area (Å²) in [6, 6.07) is 8.70. The molecule has 0 fully saturated rings. The van der Waals surface area contributed by atoms with Gasteiger partial charge in [0, 0.05) is 24.7 Å². The van der Waals surface area contributed by atoms with Crippen molar-refractivity contribution in [3.63, 3.8) is 0 Å². The molecule has 35 heavy (non-hydrogen) atoms. The van der Waals surface area contributed by atoms with Gasteiger partial charge in [-0.2, -0.15) is 13.2 Å². The maximum Gasteiger partial charge on any atom is 0.405 e. The molecule has 0 heterocycles. The molecule has 2 rings (SSSR count). The van der Waals surface area contributed by atoms with Crippen LogP contribution in [0.5, 0.6) is 17.2 Å². The van der Waals surface area contributed by atoms with Crippen LogP contribution in [0, 0.1) is 0 Å². The Hall–Kier alpha value is -3.96. The van der Waals surface area contributed by atoms with Gasteiger partial charge in [-0.25, -0.2) is 0 Å². The second kappa shape index (κ2) is 12.0. The van der Waals surface area contributed by atoms with E-state index in [1.54, 1.807) is 5.32 Å². The van der Waals surface area contributed by atoms with E-state index in [0.717, 1.165) is 0 Å². The molecule has 2 aromatic rings. The molecule has 0 bridgehead atoms. The Bertz CT molecular complexity index is 1030. The fourth-order valence-electron chi connectivity index (χ4n) is 3.01. The van der Waals surface area contributed by atoms with E-state index in [1.165, 1.54) is 69.7 Å². The molecule has 0 aliphatic carbocycles. The minimum atomic E-state index is -4.50. The minimum Gasteiger partial charge on any atom is -0.493 e. The smallest absolute Gasteiger partial charge is 0.405 e. The Morgan fingerprint density at radius 1 is 0.857 bits per heavy atom. The highest BCUT2D eigenvalue weighted by atomic mass is 19.4. The number of likely N-dealkylation sites (N-methyl/N-ethyl adjacent to an activating group) is 1. The maximum atomic E-state index is 12.5. The van der Waals surface area contributed by atoms with E-state index < -0.39 is 30.4 Å². The molecule has 0 saturated carbocycles. The van der Waals surface area contributed by atoms with Crippen molar-refractivity contribution in [1.29, 1.82) is 0 Å². The van der Waals surface area contributed by atoms with Crippen LogP contribution in [0.25, 0.3) is 0 Å². The summed E-state index contributed by atoms with van der Waals surface area (Å²) < 4.78 is 52.3. The zero-order valence-electron chi connectivity index (χ0n) is 19.6. The van der Waals surface area contributed by atoms with Crippen LogP contribution in [0.15, 0.2) is 36.4 Å². The number of amides is 3. The van der Waals surface area contributed by atoms with Crippen LogP contribution >= 0.6 is 0 Å². The number of halogens is 3. The van der Waals surface area contributed by atoms with Crippen LogP contribution < -0.4 is 24.8 Å². The number of alkyl halides is 3. The molecule has 190 valence electrons. The first-order valence-corrected chi connectivity index (χ1v) is 10.2. The standard InChI is InChI=1S/C23H26F3N3O6/c1-29(12-14-5-7-15(8-6-14)21(31)28-13-23(24,25)26)19(30)11-27-22(32)16-9-17(33-2)20(35-4)18(10-16)34-3/h5-10H,11-13H2,1-4H3,(H,27,32)(H,28,31). The lowest BCUT2D eigenvalue weighted by atomic mass is 10.1. The van der Waals surface area contributed by atoms with Crippen molar-refractivity contribution in [2.24, 2.45) is 0 Å². The van der Waals surface area contributed by atoms with Crippen molar-refractivity contribution in [2.45, 2.75) is 12.7 Å². The van der Waals surface area contributed by atoms with Crippen molar-refractivity contribution in [3.05, 3.63) is 53.1 Å². The van der Waals surface area contributed by atoms with Gasteiger partial charge >= 0.3 is 6.18 Å². The highest BCUT2D eigenvalue weighted by Gasteiger charge is 2.28. The molecular formula is C23H26F3N3O6. The van der Waals surface area contributed by atoms with E-state index in [2.05, 4.69) is 5.32 Å². The number of ether oxygens (including phenoxy) is 3. The SMILES string of the molecule is COc1cc(C(=O)NCC(=O)N(C)Cc2ccc(C(=O)NCC(F)(F)F)cc2)cc(OC)c1OC. The third-order valence-corrected chi connectivity index (χ3v) is 4.84. The molecule has 2 aromatic carbocycles. The molecule has 0 saturated heterocycles. The van der Waals surface area contributed by atoms with Gasteiger partial charge in [0.25, 0.3) is 11.8 Å². The third-order valence-electron chi connectivity index (χ3n) is 4.84. The number of hydrogen-bond donors (Lipinski definition) is 2. The van der Waals surface area contributed by atoms with Gasteiger partial charge in [0.05, 0.1) is 27.9 Å². The Morgan fingerprint density at radius 3 is 1.89 bits per heavy atom. The van der Waals surface area contributed by atoms with Gasteiger partial charge in [0.2, 0.25) is 11.7 Å². The van der Waals surface area contributed by atoms with Gasteiger partial charge in [-0.05, 0) is 29.8 Å². The van der Waals surface area contributed by atoms with Crippen LogP contribution in [0.3, 0.4) is 0 Å². The summed E-state index contributed by atoms with van der Waals surface area (Å²) in [4.78, 5) is 38.1. The molecule has 9 nitrogen and oxygen atoms in total. The summed E-state index contributed by atoms with van der Waals surface area (Å²) >= 11 is 0. The fourth-order valence-corrected chi connectivity index (χ4v) is 3.01. The van der Waals surface area contributed by atoms with Crippen molar-refractivity contribution >= 4 is 17.7 Å². The summed E-state index contributed by atoms with van der Waals surface area (Å²) in [5.41, 5.74) is 0.906. The zero-order valence-corrected chi connectivity index (χ0v) is 19.6. The van der Waals surface area contributed by atoms with E-state index in [1.807, 2.05) is 0 Å². The van der Waals surface area contributed by atoms with Crippen LogP contribution in [-0.2, 0) is 11.3 Å². The summed E-state index contributed by atoms with van der Waals surface area (Å²) in [6.07, 6.45) is -4.50. The highest BCUT2D eigenvalue weighted by molar-refractivity contribution is 5.97. The monoisotopic (exact) mass is 497 g/mol. The predicted octanol–water partition coefficient (Wildman–Crippen LogP) is 2.39. The van der Waals surface area contributed by atoms with Crippen molar-refractivity contribution < 1.29 is 41.8 Å². The van der Waals surface area contributed by atoms with Gasteiger partial charge in [0.15, 0.2) is 11.5 Å². The minimum absolute atomic E-state index is 0.0598. The number of rotatable bonds is 10. The lowest BCUT2D eigenvalue weighted by Crippen LogP contribution is -2.37. The summed E-state index contributed by atoms with van der Waals surface area (Å²) in [5, 5.41) is 4.32. The highest BCUT2D eigenvalue weighted by Crippen LogP contribution is 2.38. The Labute approximate surface area is 200 Å². The van der Waals surface area contributed by atoms with E-state index in [-0.39, 0.29) is 35.7 Å². The second-order valence-corrected chi connectivity index (χ2v) is 7.34. The maximum absolute atomic E-state index is 12.5. The molecule has 0 unspecified atom stereocenters. The van der Waals surface area contributed by atoms with Crippen LogP contribution in [0.1, 0.15) is 26.3 Å². The molecule has 0 aliphatic rings. The lowest BCUT2D eigenvalue weighted by Gasteiger charge is -2.18. The van der Waals surface area contributed by atoms with E-state index in [9.17, 15) is 27.6 Å². The number of hydrogen-bond acceptors (Lipinski definition) is 6. The first-order valence-electron chi connectivity index (χ1n) is 10.2. The fraction of sp³-hybridized carbons (Fsp3) is 0.348. The van der Waals surface area contributed by atoms with Crippen molar-refractivity contribution in [2.75, 3.05) is 41.5 Å². The molecule has 2 N–H and O–H groups in total. The largest absolute Gasteiger partial charge is 0.493 e. The summed E-state index contributed by atoms with van der Waals surface area (Å²) in [6.45, 7) is -1.56. The normalized spacial score (nSPS) is 10.8. The van der Waals surface area contributed by atoms with E-state index in [4.69, 9.17) is 14.2 Å². The van der Waals surface area contributed by atoms with Gasteiger partial charge in [-0.3, -0.25) is 14.4 Å². The Morgan fingerprint density at radius 2 is 1.40 bits per heavy atom. The third kappa shape index (κ3) is 7.80. The lowest BCUT2D eigenvalue weighted by molar-refractivity contribution is -0.129. The quantitative estimate of drug-likeness (QED) is 0.522. The first kappa shape index (κ1) is 27.3. The number of methoxy groups -OCH3 is 3. The van der Waals surface area contributed by atoms with Crippen LogP contribution in [0.4, 0.5) is 13.2 Å². The van der Waals surface area contributed by atoms with Gasteiger partial charge in [-0.15, -0.1) is 0 Å². The Kier molecular flexibility index (Phi) is 9.32. The molecule has 0 atom stereocenters. The van der Waals surface area contributed by atoms with E-state index >= 15 is 0 Å². The van der Waals surface area contributed by atoms with Crippen molar-refractivity contribution in [1.82, 2.24) is 15.5 Å². The molecule has 12 heteroatoms. The van der Waals surface area contributed by atoms with Gasteiger partial charge in [0.1, 0.15) is 6.54 Å². The molecule has 0 aliphatic heterocycles. The molecule has 0 spiro atoms. The van der Waals surface area contributed by atoms with Gasteiger partial charge in [-0.1, -0.05) is 12.1 Å². The average molecular weight is 497 g/mol. The number of carbonyl (C=O) groups excluding carboxylic acids is 3. The number of carbonyl (C=O) groups is 3. The number of benzene rings is 2. The molecule has 0 radical (unpaired) electrons. The number of nitrogens with zero attached hydrogens (tertiary/aromatic N) is 1. The molecule has 0 aromatic heterocycles. The van der Waals surface area contributed by atoms with Crippen LogP contribution in [-0.4, -0.2) is 70.3 Å². The summed E-state index contributed by atoms with van der Waals surface area (Å²) in [5.74, 6) is -0.871. The Balaban J connectivity index is 1.94. The first-order chi connectivity index (χ1) is 16.5. The van der Waals surface area contributed by atoms with Gasteiger partial charge < -0.3 is 29.7 Å². The molecule has 3 amide bonds. The number of nitrogens with one attached hydrogen (secondary N) is 2. The zero-order chi connectivity index (χ0) is 26.2. The average Bonchev–Trinajstić information content (AvgIpc) is 2.84. The van der Waals surface area contributed by atoms with Crippen LogP contribution in [0.2, 0.25) is 0 Å². The summed E-state index contributed by atoms with van der Waals surface area (Å²) in [7, 11) is 5.79. The van der Waals surface area contributed by atoms with Crippen molar-refractivity contribution in [3.8, 4) is 17.2 Å². The second-order valence-electron chi connectivity index (χ2n) is 7.34.